The number of amides is 1. The van der Waals surface area contributed by atoms with E-state index in [4.69, 9.17) is 0 Å². The van der Waals surface area contributed by atoms with E-state index in [0.717, 1.165) is 5.56 Å². The van der Waals surface area contributed by atoms with Crippen molar-refractivity contribution in [2.75, 3.05) is 5.32 Å². The fraction of sp³-hybridized carbons (Fsp3) is 0.158. The molecule has 0 saturated heterocycles. The van der Waals surface area contributed by atoms with Crippen molar-refractivity contribution in [3.05, 3.63) is 83.4 Å². The van der Waals surface area contributed by atoms with Gasteiger partial charge in [-0.1, -0.05) is 36.4 Å². The summed E-state index contributed by atoms with van der Waals surface area (Å²) >= 11 is 0. The molecule has 0 atom stereocenters. The number of halogens is 1. The van der Waals surface area contributed by atoms with Crippen LogP contribution in [0.5, 0.6) is 0 Å². The minimum Gasteiger partial charge on any atom is -0.323 e. The molecule has 1 heterocycles. The van der Waals surface area contributed by atoms with E-state index >= 15 is 0 Å². The Labute approximate surface area is 139 Å². The van der Waals surface area contributed by atoms with Crippen molar-refractivity contribution < 1.29 is 9.18 Å². The average molecular weight is 323 g/mol. The number of rotatable bonds is 5. The van der Waals surface area contributed by atoms with E-state index in [0.29, 0.717) is 12.2 Å². The maximum absolute atomic E-state index is 12.9. The summed E-state index contributed by atoms with van der Waals surface area (Å²) in [5.41, 5.74) is 3.80. The lowest BCUT2D eigenvalue weighted by Gasteiger charge is -2.05. The maximum atomic E-state index is 12.9. The van der Waals surface area contributed by atoms with Crippen molar-refractivity contribution in [3.63, 3.8) is 0 Å². The predicted molar refractivity (Wildman–Crippen MR) is 91.2 cm³/mol. The van der Waals surface area contributed by atoms with Crippen LogP contribution in [0.4, 0.5) is 10.1 Å². The van der Waals surface area contributed by atoms with Crippen molar-refractivity contribution in [1.82, 2.24) is 9.78 Å². The molecule has 1 N–H and O–H groups in total. The number of carbonyl (C=O) groups is 1. The topological polar surface area (TPSA) is 46.9 Å². The molecular formula is C19H18FN3O. The van der Waals surface area contributed by atoms with Crippen molar-refractivity contribution in [1.29, 1.82) is 0 Å². The first-order chi connectivity index (χ1) is 11.6. The molecule has 0 spiro atoms. The highest BCUT2D eigenvalue weighted by atomic mass is 19.1. The lowest BCUT2D eigenvalue weighted by atomic mass is 10.1. The lowest BCUT2D eigenvalue weighted by molar-refractivity contribution is -0.115. The molecule has 0 fully saturated rings. The Morgan fingerprint density at radius 3 is 2.67 bits per heavy atom. The highest BCUT2D eigenvalue weighted by Crippen LogP contribution is 2.12. The van der Waals surface area contributed by atoms with Crippen molar-refractivity contribution in [2.45, 2.75) is 19.9 Å². The van der Waals surface area contributed by atoms with Gasteiger partial charge in [0.2, 0.25) is 5.91 Å². The number of aromatic nitrogens is 2. The minimum atomic E-state index is -0.309. The average Bonchev–Trinajstić information content (AvgIpc) is 2.99. The predicted octanol–water partition coefficient (Wildman–Crippen LogP) is 3.56. The molecule has 0 unspecified atom stereocenters. The Morgan fingerprint density at radius 1 is 1.17 bits per heavy atom. The molecule has 0 aliphatic heterocycles. The summed E-state index contributed by atoms with van der Waals surface area (Å²) in [6.45, 7) is 2.71. The first-order valence-electron chi connectivity index (χ1n) is 7.71. The second-order valence-corrected chi connectivity index (χ2v) is 5.70. The van der Waals surface area contributed by atoms with Gasteiger partial charge in [-0.2, -0.15) is 5.10 Å². The van der Waals surface area contributed by atoms with Crippen LogP contribution < -0.4 is 5.32 Å². The third-order valence-electron chi connectivity index (χ3n) is 3.79. The summed E-state index contributed by atoms with van der Waals surface area (Å²) in [4.78, 5) is 12.0. The van der Waals surface area contributed by atoms with Gasteiger partial charge < -0.3 is 5.32 Å². The molecule has 0 saturated carbocycles. The van der Waals surface area contributed by atoms with E-state index in [9.17, 15) is 9.18 Å². The molecule has 3 rings (SSSR count). The van der Waals surface area contributed by atoms with Gasteiger partial charge in [-0.05, 0) is 35.7 Å². The van der Waals surface area contributed by atoms with Crippen LogP contribution in [0.25, 0.3) is 0 Å². The number of carbonyl (C=O) groups excluding carboxylic acids is 1. The van der Waals surface area contributed by atoms with E-state index in [-0.39, 0.29) is 18.1 Å². The molecule has 24 heavy (non-hydrogen) atoms. The van der Waals surface area contributed by atoms with Crippen LogP contribution in [0.2, 0.25) is 0 Å². The van der Waals surface area contributed by atoms with Crippen LogP contribution in [-0.2, 0) is 17.8 Å². The van der Waals surface area contributed by atoms with E-state index in [1.807, 2.05) is 12.1 Å². The molecule has 0 radical (unpaired) electrons. The standard InChI is InChI=1S/C19H18FN3O/c1-14-4-2-3-5-16(14)12-23-13-18(11-21-23)22-19(24)10-15-6-8-17(20)9-7-15/h2-9,11,13H,10,12H2,1H3,(H,22,24). The van der Waals surface area contributed by atoms with Gasteiger partial charge in [0.15, 0.2) is 0 Å². The second-order valence-electron chi connectivity index (χ2n) is 5.70. The largest absolute Gasteiger partial charge is 0.323 e. The zero-order valence-corrected chi connectivity index (χ0v) is 13.4. The second kappa shape index (κ2) is 7.08. The van der Waals surface area contributed by atoms with Gasteiger partial charge in [-0.3, -0.25) is 9.48 Å². The Bertz CT molecular complexity index is 840. The molecule has 4 nitrogen and oxygen atoms in total. The summed E-state index contributed by atoms with van der Waals surface area (Å²) in [6.07, 6.45) is 3.62. The van der Waals surface area contributed by atoms with Gasteiger partial charge in [0, 0.05) is 6.20 Å². The SMILES string of the molecule is Cc1ccccc1Cn1cc(NC(=O)Cc2ccc(F)cc2)cn1. The molecule has 122 valence electrons. The number of nitrogens with one attached hydrogen (secondary N) is 1. The van der Waals surface area contributed by atoms with Crippen LogP contribution in [0.15, 0.2) is 60.9 Å². The van der Waals surface area contributed by atoms with Crippen LogP contribution in [0.1, 0.15) is 16.7 Å². The number of aryl methyl sites for hydroxylation is 1. The van der Waals surface area contributed by atoms with Crippen molar-refractivity contribution >= 4 is 11.6 Å². The van der Waals surface area contributed by atoms with E-state index in [1.165, 1.54) is 23.3 Å². The van der Waals surface area contributed by atoms with Gasteiger partial charge in [0.05, 0.1) is 24.8 Å². The maximum Gasteiger partial charge on any atom is 0.228 e. The number of hydrogen-bond donors (Lipinski definition) is 1. The molecule has 0 aliphatic carbocycles. The van der Waals surface area contributed by atoms with Crippen molar-refractivity contribution in [2.24, 2.45) is 0 Å². The summed E-state index contributed by atoms with van der Waals surface area (Å²) in [5, 5.41) is 7.09. The van der Waals surface area contributed by atoms with Crippen molar-refractivity contribution in [3.8, 4) is 0 Å². The number of anilines is 1. The van der Waals surface area contributed by atoms with Crippen LogP contribution in [-0.4, -0.2) is 15.7 Å². The van der Waals surface area contributed by atoms with Gasteiger partial charge in [0.25, 0.3) is 0 Å². The molecule has 1 aromatic heterocycles. The molecule has 2 aromatic carbocycles. The van der Waals surface area contributed by atoms with Gasteiger partial charge in [0.1, 0.15) is 5.82 Å². The Kier molecular flexibility index (Phi) is 4.70. The Hall–Kier alpha value is -2.95. The highest BCUT2D eigenvalue weighted by molar-refractivity contribution is 5.91. The molecule has 5 heteroatoms. The molecule has 3 aromatic rings. The minimum absolute atomic E-state index is 0.156. The molecule has 0 aliphatic rings. The van der Waals surface area contributed by atoms with Gasteiger partial charge in [-0.25, -0.2) is 4.39 Å². The fourth-order valence-electron chi connectivity index (χ4n) is 2.47. The summed E-state index contributed by atoms with van der Waals surface area (Å²) < 4.78 is 14.7. The number of benzene rings is 2. The third-order valence-corrected chi connectivity index (χ3v) is 3.79. The van der Waals surface area contributed by atoms with Crippen LogP contribution >= 0.6 is 0 Å². The normalized spacial score (nSPS) is 10.6. The zero-order chi connectivity index (χ0) is 16.9. The summed E-state index contributed by atoms with van der Waals surface area (Å²) in [6, 6.07) is 14.0. The number of nitrogens with zero attached hydrogens (tertiary/aromatic N) is 2. The lowest BCUT2D eigenvalue weighted by Crippen LogP contribution is -2.14. The first-order valence-corrected chi connectivity index (χ1v) is 7.71. The van der Waals surface area contributed by atoms with Gasteiger partial charge in [-0.15, -0.1) is 0 Å². The highest BCUT2D eigenvalue weighted by Gasteiger charge is 2.07. The first kappa shape index (κ1) is 15.9. The smallest absolute Gasteiger partial charge is 0.228 e. The third kappa shape index (κ3) is 4.07. The molecule has 1 amide bonds. The van der Waals surface area contributed by atoms with Gasteiger partial charge >= 0.3 is 0 Å². The zero-order valence-electron chi connectivity index (χ0n) is 13.4. The van der Waals surface area contributed by atoms with E-state index in [1.54, 1.807) is 29.2 Å². The van der Waals surface area contributed by atoms with Crippen LogP contribution in [0.3, 0.4) is 0 Å². The summed E-state index contributed by atoms with van der Waals surface area (Å²) in [5.74, 6) is -0.464. The van der Waals surface area contributed by atoms with E-state index in [2.05, 4.69) is 29.5 Å². The molecular weight excluding hydrogens is 305 g/mol. The monoisotopic (exact) mass is 323 g/mol. The summed E-state index contributed by atoms with van der Waals surface area (Å²) in [7, 11) is 0. The van der Waals surface area contributed by atoms with Crippen LogP contribution in [0, 0.1) is 12.7 Å². The fourth-order valence-corrected chi connectivity index (χ4v) is 2.47. The Balaban J connectivity index is 1.60. The number of hydrogen-bond acceptors (Lipinski definition) is 2. The van der Waals surface area contributed by atoms with E-state index < -0.39 is 0 Å². The Morgan fingerprint density at radius 2 is 1.92 bits per heavy atom. The molecule has 0 bridgehead atoms. The quantitative estimate of drug-likeness (QED) is 0.780.